The molecular formula is C23H25FN2O4. The molecule has 0 bridgehead atoms. The van der Waals surface area contributed by atoms with Crippen molar-refractivity contribution in [1.29, 1.82) is 0 Å². The van der Waals surface area contributed by atoms with Crippen molar-refractivity contribution in [2.24, 2.45) is 11.8 Å². The van der Waals surface area contributed by atoms with Gasteiger partial charge < -0.3 is 19.7 Å². The fraction of sp³-hybridized carbons (Fsp3) is 0.391. The Morgan fingerprint density at radius 2 is 1.83 bits per heavy atom. The van der Waals surface area contributed by atoms with Gasteiger partial charge >= 0.3 is 0 Å². The summed E-state index contributed by atoms with van der Waals surface area (Å²) in [5, 5.41) is 2.98. The van der Waals surface area contributed by atoms with Crippen molar-refractivity contribution in [3.05, 3.63) is 59.4 Å². The average molecular weight is 412 g/mol. The molecule has 0 aliphatic carbocycles. The summed E-state index contributed by atoms with van der Waals surface area (Å²) in [6.45, 7) is 5.46. The Labute approximate surface area is 175 Å². The van der Waals surface area contributed by atoms with E-state index >= 15 is 0 Å². The number of carbonyl (C=O) groups is 2. The van der Waals surface area contributed by atoms with Gasteiger partial charge in [0.05, 0.1) is 5.92 Å². The zero-order valence-electron chi connectivity index (χ0n) is 17.1. The average Bonchev–Trinajstić information content (AvgIpc) is 3.38. The van der Waals surface area contributed by atoms with Gasteiger partial charge in [-0.3, -0.25) is 9.59 Å². The van der Waals surface area contributed by atoms with Gasteiger partial charge in [0.2, 0.25) is 12.7 Å². The highest BCUT2D eigenvalue weighted by molar-refractivity contribution is 5.96. The minimum atomic E-state index is -0.396. The van der Waals surface area contributed by atoms with E-state index in [1.807, 2.05) is 13.8 Å². The van der Waals surface area contributed by atoms with Gasteiger partial charge in [0, 0.05) is 31.1 Å². The lowest BCUT2D eigenvalue weighted by molar-refractivity contribution is -0.125. The number of amides is 2. The molecule has 0 spiro atoms. The van der Waals surface area contributed by atoms with E-state index in [1.54, 1.807) is 35.2 Å². The molecule has 1 N–H and O–H groups in total. The second-order valence-corrected chi connectivity index (χ2v) is 8.18. The summed E-state index contributed by atoms with van der Waals surface area (Å²) in [4.78, 5) is 27.7. The van der Waals surface area contributed by atoms with Crippen LogP contribution in [-0.2, 0) is 4.79 Å². The van der Waals surface area contributed by atoms with Crippen LogP contribution in [0.4, 0.5) is 4.39 Å². The Morgan fingerprint density at radius 3 is 2.57 bits per heavy atom. The van der Waals surface area contributed by atoms with Crippen LogP contribution >= 0.6 is 0 Å². The van der Waals surface area contributed by atoms with Crippen molar-refractivity contribution in [1.82, 2.24) is 10.2 Å². The number of fused-ring (bicyclic) bond motifs is 1. The number of likely N-dealkylation sites (tertiary alicyclic amines) is 1. The van der Waals surface area contributed by atoms with Gasteiger partial charge in [-0.15, -0.1) is 0 Å². The Balaban J connectivity index is 1.56. The molecule has 2 heterocycles. The molecule has 0 radical (unpaired) electrons. The Bertz CT molecular complexity index is 945. The van der Waals surface area contributed by atoms with E-state index in [1.165, 1.54) is 12.1 Å². The normalized spacial score (nSPS) is 19.9. The molecule has 1 fully saturated rings. The fourth-order valence-corrected chi connectivity index (χ4v) is 3.93. The molecule has 30 heavy (non-hydrogen) atoms. The summed E-state index contributed by atoms with van der Waals surface area (Å²) in [5.74, 6) is 0.308. The largest absolute Gasteiger partial charge is 0.454 e. The van der Waals surface area contributed by atoms with E-state index in [0.717, 1.165) is 5.56 Å². The van der Waals surface area contributed by atoms with Gasteiger partial charge in [0.15, 0.2) is 11.5 Å². The number of nitrogens with zero attached hydrogens (tertiary/aromatic N) is 1. The molecule has 0 aromatic heterocycles. The maximum Gasteiger partial charge on any atom is 0.254 e. The lowest BCUT2D eigenvalue weighted by Crippen LogP contribution is -2.37. The maximum atomic E-state index is 13.4. The topological polar surface area (TPSA) is 67.9 Å². The van der Waals surface area contributed by atoms with Gasteiger partial charge in [0.1, 0.15) is 5.82 Å². The second-order valence-electron chi connectivity index (χ2n) is 8.18. The number of carbonyl (C=O) groups excluding carboxylic acids is 2. The third-order valence-corrected chi connectivity index (χ3v) is 5.55. The summed E-state index contributed by atoms with van der Waals surface area (Å²) in [7, 11) is 0. The highest BCUT2D eigenvalue weighted by Crippen LogP contribution is 2.36. The lowest BCUT2D eigenvalue weighted by Gasteiger charge is -2.18. The predicted octanol–water partition coefficient (Wildman–Crippen LogP) is 3.18. The zero-order valence-corrected chi connectivity index (χ0v) is 17.1. The van der Waals surface area contributed by atoms with Crippen LogP contribution in [0.3, 0.4) is 0 Å². The molecule has 0 saturated carbocycles. The smallest absolute Gasteiger partial charge is 0.254 e. The minimum absolute atomic E-state index is 0.0842. The van der Waals surface area contributed by atoms with Crippen molar-refractivity contribution >= 4 is 11.8 Å². The van der Waals surface area contributed by atoms with Crippen LogP contribution in [0.2, 0.25) is 0 Å². The maximum absolute atomic E-state index is 13.4. The molecule has 2 aromatic rings. The summed E-state index contributed by atoms with van der Waals surface area (Å²) < 4.78 is 24.1. The van der Waals surface area contributed by atoms with Crippen LogP contribution in [0.15, 0.2) is 42.5 Å². The molecule has 0 unspecified atom stereocenters. The van der Waals surface area contributed by atoms with E-state index in [-0.39, 0.29) is 30.3 Å². The Kier molecular flexibility index (Phi) is 5.61. The van der Waals surface area contributed by atoms with E-state index in [9.17, 15) is 14.0 Å². The number of halogens is 1. The van der Waals surface area contributed by atoms with Crippen molar-refractivity contribution in [3.8, 4) is 11.5 Å². The van der Waals surface area contributed by atoms with Gasteiger partial charge in [0.25, 0.3) is 5.91 Å². The minimum Gasteiger partial charge on any atom is -0.454 e. The molecule has 2 aliphatic rings. The third-order valence-electron chi connectivity index (χ3n) is 5.55. The highest BCUT2D eigenvalue weighted by atomic mass is 19.1. The third kappa shape index (κ3) is 4.10. The van der Waals surface area contributed by atoms with E-state index in [4.69, 9.17) is 9.47 Å². The van der Waals surface area contributed by atoms with E-state index in [2.05, 4.69) is 5.32 Å². The number of benzene rings is 2. The second kappa shape index (κ2) is 8.34. The van der Waals surface area contributed by atoms with Gasteiger partial charge in [-0.2, -0.15) is 0 Å². The van der Waals surface area contributed by atoms with Crippen LogP contribution in [0.5, 0.6) is 11.5 Å². The zero-order chi connectivity index (χ0) is 21.3. The van der Waals surface area contributed by atoms with Crippen molar-refractivity contribution < 1.29 is 23.5 Å². The lowest BCUT2D eigenvalue weighted by atomic mass is 9.88. The Morgan fingerprint density at radius 1 is 1.10 bits per heavy atom. The summed E-state index contributed by atoms with van der Waals surface area (Å²) in [5.41, 5.74) is 1.34. The molecule has 2 amide bonds. The molecule has 2 atom stereocenters. The summed E-state index contributed by atoms with van der Waals surface area (Å²) in [6, 6.07) is 11.3. The molecular weight excluding hydrogens is 387 g/mol. The Hall–Kier alpha value is -3.09. The van der Waals surface area contributed by atoms with Gasteiger partial charge in [-0.05, 0) is 41.8 Å². The van der Waals surface area contributed by atoms with Crippen LogP contribution < -0.4 is 14.8 Å². The molecule has 4 rings (SSSR count). The monoisotopic (exact) mass is 412 g/mol. The van der Waals surface area contributed by atoms with Gasteiger partial charge in [-0.25, -0.2) is 4.39 Å². The number of rotatable bonds is 5. The van der Waals surface area contributed by atoms with E-state index < -0.39 is 5.92 Å². The van der Waals surface area contributed by atoms with Crippen molar-refractivity contribution in [3.63, 3.8) is 0 Å². The first-order chi connectivity index (χ1) is 14.4. The molecule has 158 valence electrons. The number of hydrogen-bond donors (Lipinski definition) is 1. The fourth-order valence-electron chi connectivity index (χ4n) is 3.93. The summed E-state index contributed by atoms with van der Waals surface area (Å²) in [6.07, 6.45) is 0. The predicted molar refractivity (Wildman–Crippen MR) is 109 cm³/mol. The van der Waals surface area contributed by atoms with Crippen LogP contribution in [0.25, 0.3) is 0 Å². The van der Waals surface area contributed by atoms with Gasteiger partial charge in [-0.1, -0.05) is 26.0 Å². The SMILES string of the molecule is CC(C)CNC(=O)[C@H]1CN(C(=O)c2ccc3c(c2)OCO3)C[C@@H]1c1ccc(F)cc1. The molecule has 6 nitrogen and oxygen atoms in total. The van der Waals surface area contributed by atoms with Crippen molar-refractivity contribution in [2.75, 3.05) is 26.4 Å². The molecule has 1 saturated heterocycles. The van der Waals surface area contributed by atoms with Crippen molar-refractivity contribution in [2.45, 2.75) is 19.8 Å². The first kappa shape index (κ1) is 20.2. The molecule has 2 aliphatic heterocycles. The summed E-state index contributed by atoms with van der Waals surface area (Å²) >= 11 is 0. The molecule has 7 heteroatoms. The van der Waals surface area contributed by atoms with E-state index in [0.29, 0.717) is 42.6 Å². The number of hydrogen-bond acceptors (Lipinski definition) is 4. The molecule has 2 aromatic carbocycles. The standard InChI is InChI=1S/C23H25FN2O4/c1-14(2)10-25-22(27)19-12-26(11-18(19)15-3-6-17(24)7-4-15)23(28)16-5-8-20-21(9-16)30-13-29-20/h3-9,14,18-19H,10-13H2,1-2H3,(H,25,27)/t18-,19+/m1/s1. The number of nitrogens with one attached hydrogen (secondary N) is 1. The van der Waals surface area contributed by atoms with Crippen LogP contribution in [-0.4, -0.2) is 43.1 Å². The van der Waals surface area contributed by atoms with Crippen LogP contribution in [0, 0.1) is 17.7 Å². The van der Waals surface area contributed by atoms with Crippen LogP contribution in [0.1, 0.15) is 35.7 Å². The quantitative estimate of drug-likeness (QED) is 0.819. The first-order valence-corrected chi connectivity index (χ1v) is 10.1. The highest BCUT2D eigenvalue weighted by Gasteiger charge is 2.40. The first-order valence-electron chi connectivity index (χ1n) is 10.1. The number of ether oxygens (including phenoxy) is 2.